The molecule has 0 bridgehead atoms. The number of rotatable bonds is 1. The first kappa shape index (κ1) is 7.74. The van der Waals surface area contributed by atoms with Crippen molar-refractivity contribution < 1.29 is 0 Å². The number of piperidine rings is 1. The highest BCUT2D eigenvalue weighted by atomic mass is 14.9. The van der Waals surface area contributed by atoms with Crippen molar-refractivity contribution in [2.24, 2.45) is 0 Å². The lowest BCUT2D eigenvalue weighted by molar-refractivity contribution is 0.527. The van der Waals surface area contributed by atoms with Crippen LogP contribution in [0.2, 0.25) is 0 Å². The minimum Gasteiger partial charge on any atom is -0.304 e. The first-order chi connectivity index (χ1) is 5.97. The van der Waals surface area contributed by atoms with Crippen LogP contribution in [-0.2, 0) is 0 Å². The first-order valence-corrected chi connectivity index (χ1v) is 4.48. The summed E-state index contributed by atoms with van der Waals surface area (Å²) in [6, 6.07) is 7.36. The third-order valence-corrected chi connectivity index (χ3v) is 2.17. The predicted molar refractivity (Wildman–Crippen MR) is 48.4 cm³/mol. The van der Waals surface area contributed by atoms with E-state index >= 15 is 0 Å². The Labute approximate surface area is 73.0 Å². The molecule has 0 aliphatic carbocycles. The first-order valence-electron chi connectivity index (χ1n) is 4.48. The van der Waals surface area contributed by atoms with E-state index in [9.17, 15) is 0 Å². The molecule has 2 nitrogen and oxygen atoms in total. The molecule has 1 N–H and O–H groups in total. The summed E-state index contributed by atoms with van der Waals surface area (Å²) in [7, 11) is 0. The van der Waals surface area contributed by atoms with Crippen LogP contribution in [0.5, 0.6) is 0 Å². The van der Waals surface area contributed by atoms with Crippen molar-refractivity contribution in [1.82, 2.24) is 10.3 Å². The second-order valence-electron chi connectivity index (χ2n) is 3.08. The van der Waals surface area contributed by atoms with Crippen molar-refractivity contribution >= 4 is 0 Å². The molecule has 1 aliphatic rings. The Morgan fingerprint density at radius 1 is 1.25 bits per heavy atom. The van der Waals surface area contributed by atoms with Gasteiger partial charge in [-0.3, -0.25) is 4.98 Å². The zero-order chi connectivity index (χ0) is 8.23. The molecule has 1 aromatic heterocycles. The molecule has 1 aliphatic heterocycles. The van der Waals surface area contributed by atoms with E-state index in [1.165, 1.54) is 18.9 Å². The van der Waals surface area contributed by atoms with Gasteiger partial charge in [-0.1, -0.05) is 6.07 Å². The molecule has 1 radical (unpaired) electrons. The Bertz CT molecular complexity index is 227. The van der Waals surface area contributed by atoms with Gasteiger partial charge in [-0.05, 0) is 37.9 Å². The molecule has 1 fully saturated rings. The van der Waals surface area contributed by atoms with Crippen LogP contribution in [0.1, 0.15) is 25.0 Å². The van der Waals surface area contributed by atoms with Crippen LogP contribution < -0.4 is 5.32 Å². The maximum atomic E-state index is 4.30. The SMILES string of the molecule is c1ccc([C]2CCCCN2)nc1. The summed E-state index contributed by atoms with van der Waals surface area (Å²) in [4.78, 5) is 4.30. The smallest absolute Gasteiger partial charge is 0.0850 e. The average Bonchev–Trinajstić information content (AvgIpc) is 2.21. The highest BCUT2D eigenvalue weighted by molar-refractivity contribution is 5.21. The van der Waals surface area contributed by atoms with E-state index in [1.54, 1.807) is 0 Å². The fraction of sp³-hybridized carbons (Fsp3) is 0.400. The van der Waals surface area contributed by atoms with Crippen LogP contribution in [0.4, 0.5) is 0 Å². The second kappa shape index (κ2) is 3.68. The monoisotopic (exact) mass is 161 g/mol. The quantitative estimate of drug-likeness (QED) is 0.678. The highest BCUT2D eigenvalue weighted by Crippen LogP contribution is 2.19. The number of nitrogens with one attached hydrogen (secondary N) is 1. The Hall–Kier alpha value is -0.890. The maximum absolute atomic E-state index is 4.30. The normalized spacial score (nSPS) is 19.3. The fourth-order valence-corrected chi connectivity index (χ4v) is 1.51. The van der Waals surface area contributed by atoms with E-state index in [4.69, 9.17) is 0 Å². The molecule has 0 amide bonds. The number of nitrogens with zero attached hydrogens (tertiary/aromatic N) is 1. The number of pyridine rings is 1. The minimum absolute atomic E-state index is 1.10. The van der Waals surface area contributed by atoms with Gasteiger partial charge in [0, 0.05) is 6.20 Å². The summed E-state index contributed by atoms with van der Waals surface area (Å²) in [6.07, 6.45) is 5.57. The highest BCUT2D eigenvalue weighted by Gasteiger charge is 2.15. The largest absolute Gasteiger partial charge is 0.304 e. The Morgan fingerprint density at radius 3 is 2.92 bits per heavy atom. The van der Waals surface area contributed by atoms with Crippen molar-refractivity contribution in [2.75, 3.05) is 6.54 Å². The van der Waals surface area contributed by atoms with Crippen LogP contribution >= 0.6 is 0 Å². The van der Waals surface area contributed by atoms with E-state index in [1.807, 2.05) is 18.3 Å². The van der Waals surface area contributed by atoms with E-state index < -0.39 is 0 Å². The molecule has 0 unspecified atom stereocenters. The van der Waals surface area contributed by atoms with E-state index in [-0.39, 0.29) is 0 Å². The molecule has 0 spiro atoms. The Kier molecular flexibility index (Phi) is 2.37. The molecule has 63 valence electrons. The lowest BCUT2D eigenvalue weighted by Crippen LogP contribution is -2.28. The van der Waals surface area contributed by atoms with Gasteiger partial charge in [-0.15, -0.1) is 0 Å². The van der Waals surface area contributed by atoms with Crippen LogP contribution in [-0.4, -0.2) is 11.5 Å². The number of aromatic nitrogens is 1. The second-order valence-corrected chi connectivity index (χ2v) is 3.08. The van der Waals surface area contributed by atoms with Gasteiger partial charge in [0.2, 0.25) is 0 Å². The standard InChI is InChI=1S/C10H13N2/c1-3-7-11-9(5-1)10-6-2-4-8-12-10/h1,3,5,7,12H,2,4,6,8H2. The molecule has 0 saturated carbocycles. The molecular formula is C10H13N2. The Balaban J connectivity index is 2.08. The summed E-state index contributed by atoms with van der Waals surface area (Å²) < 4.78 is 0. The van der Waals surface area contributed by atoms with Gasteiger partial charge >= 0.3 is 0 Å². The van der Waals surface area contributed by atoms with E-state index in [2.05, 4.69) is 16.4 Å². The fourth-order valence-electron chi connectivity index (χ4n) is 1.51. The summed E-state index contributed by atoms with van der Waals surface area (Å²) in [5, 5.41) is 3.39. The van der Waals surface area contributed by atoms with Crippen LogP contribution in [0, 0.1) is 6.04 Å². The summed E-state index contributed by atoms with van der Waals surface area (Å²) in [5.41, 5.74) is 1.11. The maximum Gasteiger partial charge on any atom is 0.0850 e. The molecule has 0 atom stereocenters. The van der Waals surface area contributed by atoms with Crippen molar-refractivity contribution in [2.45, 2.75) is 19.3 Å². The van der Waals surface area contributed by atoms with E-state index in [0.29, 0.717) is 0 Å². The van der Waals surface area contributed by atoms with Crippen molar-refractivity contribution in [3.63, 3.8) is 0 Å². The molecule has 2 rings (SSSR count). The molecule has 0 aromatic carbocycles. The molecule has 12 heavy (non-hydrogen) atoms. The molecule has 2 heteroatoms. The zero-order valence-electron chi connectivity index (χ0n) is 7.09. The average molecular weight is 161 g/mol. The topological polar surface area (TPSA) is 24.9 Å². The summed E-state index contributed by atoms with van der Waals surface area (Å²) >= 11 is 0. The van der Waals surface area contributed by atoms with Gasteiger partial charge in [-0.25, -0.2) is 0 Å². The third-order valence-electron chi connectivity index (χ3n) is 2.17. The van der Waals surface area contributed by atoms with Gasteiger partial charge in [0.1, 0.15) is 0 Å². The van der Waals surface area contributed by atoms with Crippen molar-refractivity contribution in [1.29, 1.82) is 0 Å². The molecule has 2 heterocycles. The molecule has 1 saturated heterocycles. The lowest BCUT2D eigenvalue weighted by Gasteiger charge is -2.21. The Morgan fingerprint density at radius 2 is 2.25 bits per heavy atom. The third kappa shape index (κ3) is 1.64. The number of hydrogen-bond donors (Lipinski definition) is 1. The van der Waals surface area contributed by atoms with Crippen LogP contribution in [0.25, 0.3) is 0 Å². The molecule has 1 aromatic rings. The lowest BCUT2D eigenvalue weighted by atomic mass is 10.0. The molecular weight excluding hydrogens is 148 g/mol. The van der Waals surface area contributed by atoms with Crippen molar-refractivity contribution in [3.05, 3.63) is 36.1 Å². The van der Waals surface area contributed by atoms with Gasteiger partial charge in [0.25, 0.3) is 0 Å². The number of hydrogen-bond acceptors (Lipinski definition) is 2. The van der Waals surface area contributed by atoms with Crippen molar-refractivity contribution in [3.8, 4) is 0 Å². The van der Waals surface area contributed by atoms with E-state index in [0.717, 1.165) is 18.7 Å². The predicted octanol–water partition coefficient (Wildman–Crippen LogP) is 1.74. The summed E-state index contributed by atoms with van der Waals surface area (Å²) in [5.74, 6) is 0. The van der Waals surface area contributed by atoms with Crippen LogP contribution in [0.3, 0.4) is 0 Å². The van der Waals surface area contributed by atoms with Gasteiger partial charge in [0.15, 0.2) is 0 Å². The van der Waals surface area contributed by atoms with Gasteiger partial charge in [-0.2, -0.15) is 0 Å². The van der Waals surface area contributed by atoms with Gasteiger partial charge in [0.05, 0.1) is 11.7 Å². The minimum atomic E-state index is 1.10. The summed E-state index contributed by atoms with van der Waals surface area (Å²) in [6.45, 7) is 1.10. The van der Waals surface area contributed by atoms with Crippen LogP contribution in [0.15, 0.2) is 24.4 Å². The zero-order valence-corrected chi connectivity index (χ0v) is 7.09. The van der Waals surface area contributed by atoms with Gasteiger partial charge < -0.3 is 5.32 Å².